The highest BCUT2D eigenvalue weighted by molar-refractivity contribution is 5.21. The Hall–Kier alpha value is -1.40. The molecule has 0 saturated heterocycles. The molecule has 14 heavy (non-hydrogen) atoms. The Morgan fingerprint density at radius 2 is 2.36 bits per heavy atom. The summed E-state index contributed by atoms with van der Waals surface area (Å²) in [7, 11) is 1.47. The number of nitro groups is 1. The molecule has 0 aliphatic carbocycles. The molecule has 0 aliphatic rings. The van der Waals surface area contributed by atoms with Crippen LogP contribution in [0.5, 0.6) is 0 Å². The monoisotopic (exact) mass is 200 g/mol. The van der Waals surface area contributed by atoms with Crippen LogP contribution in [0.4, 0.5) is 5.88 Å². The van der Waals surface area contributed by atoms with E-state index in [9.17, 15) is 10.1 Å². The van der Waals surface area contributed by atoms with E-state index in [2.05, 4.69) is 0 Å². The van der Waals surface area contributed by atoms with Gasteiger partial charge in [0.2, 0.25) is 0 Å². The van der Waals surface area contributed by atoms with Gasteiger partial charge in [-0.15, -0.1) is 0 Å². The van der Waals surface area contributed by atoms with Gasteiger partial charge in [0.1, 0.15) is 16.3 Å². The predicted octanol–water partition coefficient (Wildman–Crippen LogP) is 1.01. The number of nitrogens with two attached hydrogens (primary N) is 1. The van der Waals surface area contributed by atoms with Crippen molar-refractivity contribution in [2.45, 2.75) is 12.5 Å². The lowest BCUT2D eigenvalue weighted by Gasteiger charge is -2.22. The van der Waals surface area contributed by atoms with Crippen molar-refractivity contribution in [2.75, 3.05) is 13.7 Å². The van der Waals surface area contributed by atoms with Crippen molar-refractivity contribution in [1.82, 2.24) is 0 Å². The van der Waals surface area contributed by atoms with Crippen LogP contribution in [0.2, 0.25) is 0 Å². The van der Waals surface area contributed by atoms with Crippen molar-refractivity contribution in [1.29, 1.82) is 0 Å². The highest BCUT2D eigenvalue weighted by Crippen LogP contribution is 2.28. The summed E-state index contributed by atoms with van der Waals surface area (Å²) in [5.41, 5.74) is 4.67. The summed E-state index contributed by atoms with van der Waals surface area (Å²) in [5.74, 6) is 0.0472. The van der Waals surface area contributed by atoms with Crippen LogP contribution in [-0.2, 0) is 10.3 Å². The fraction of sp³-hybridized carbons (Fsp3) is 0.500. The second-order valence-electron chi connectivity index (χ2n) is 3.03. The third-order valence-corrected chi connectivity index (χ3v) is 2.13. The highest BCUT2D eigenvalue weighted by atomic mass is 16.6. The number of rotatable bonds is 4. The predicted molar refractivity (Wildman–Crippen MR) is 48.8 cm³/mol. The maximum atomic E-state index is 10.4. The van der Waals surface area contributed by atoms with Crippen LogP contribution in [-0.4, -0.2) is 18.6 Å². The molecule has 0 aromatic carbocycles. The Morgan fingerprint density at radius 3 is 2.71 bits per heavy atom. The minimum atomic E-state index is -0.811. The Kier molecular flexibility index (Phi) is 2.87. The van der Waals surface area contributed by atoms with Gasteiger partial charge in [-0.1, -0.05) is 0 Å². The number of hydrogen-bond donors (Lipinski definition) is 1. The van der Waals surface area contributed by atoms with Gasteiger partial charge in [-0.05, 0) is 13.0 Å². The molecule has 0 aliphatic heterocycles. The average molecular weight is 200 g/mol. The highest BCUT2D eigenvalue weighted by Gasteiger charge is 2.30. The van der Waals surface area contributed by atoms with Gasteiger partial charge in [0.15, 0.2) is 0 Å². The van der Waals surface area contributed by atoms with Crippen LogP contribution >= 0.6 is 0 Å². The van der Waals surface area contributed by atoms with Crippen LogP contribution < -0.4 is 5.73 Å². The fourth-order valence-corrected chi connectivity index (χ4v) is 0.995. The first-order chi connectivity index (χ1) is 6.53. The smallest absolute Gasteiger partial charge is 0.403 e. The third kappa shape index (κ3) is 1.75. The Labute approximate surface area is 80.8 Å². The van der Waals surface area contributed by atoms with E-state index >= 15 is 0 Å². The number of methoxy groups -OCH3 is 1. The van der Waals surface area contributed by atoms with Gasteiger partial charge in [0, 0.05) is 13.7 Å². The second kappa shape index (κ2) is 3.77. The summed E-state index contributed by atoms with van der Waals surface area (Å²) in [6.45, 7) is 1.89. The lowest BCUT2D eigenvalue weighted by molar-refractivity contribution is -0.402. The van der Waals surface area contributed by atoms with E-state index in [1.54, 1.807) is 6.92 Å². The second-order valence-corrected chi connectivity index (χ2v) is 3.03. The molecule has 1 aromatic heterocycles. The Bertz CT molecular complexity index is 330. The quantitative estimate of drug-likeness (QED) is 0.578. The van der Waals surface area contributed by atoms with Crippen molar-refractivity contribution in [3.63, 3.8) is 0 Å². The van der Waals surface area contributed by atoms with Gasteiger partial charge in [-0.3, -0.25) is 10.1 Å². The van der Waals surface area contributed by atoms with E-state index in [0.29, 0.717) is 5.76 Å². The van der Waals surface area contributed by atoms with Crippen LogP contribution in [0.25, 0.3) is 0 Å². The SMILES string of the molecule is COC(C)(CN)c1ccc([N+](=O)[O-])o1. The van der Waals surface area contributed by atoms with Crippen LogP contribution in [0.15, 0.2) is 16.5 Å². The van der Waals surface area contributed by atoms with E-state index in [0.717, 1.165) is 0 Å². The number of furan rings is 1. The van der Waals surface area contributed by atoms with E-state index in [1.807, 2.05) is 0 Å². The van der Waals surface area contributed by atoms with E-state index in [4.69, 9.17) is 14.9 Å². The number of hydrogen-bond acceptors (Lipinski definition) is 5. The summed E-state index contributed by atoms with van der Waals surface area (Å²) in [4.78, 5) is 9.76. The lowest BCUT2D eigenvalue weighted by atomic mass is 10.0. The molecule has 1 atom stereocenters. The molecule has 1 rings (SSSR count). The zero-order valence-electron chi connectivity index (χ0n) is 8.02. The maximum Gasteiger partial charge on any atom is 0.433 e. The van der Waals surface area contributed by atoms with Gasteiger partial charge >= 0.3 is 5.88 Å². The van der Waals surface area contributed by atoms with Gasteiger partial charge in [0.25, 0.3) is 0 Å². The van der Waals surface area contributed by atoms with Gasteiger partial charge in [-0.25, -0.2) is 0 Å². The minimum absolute atomic E-state index is 0.189. The summed E-state index contributed by atoms with van der Waals surface area (Å²) < 4.78 is 10.1. The first-order valence-electron chi connectivity index (χ1n) is 4.03. The zero-order chi connectivity index (χ0) is 10.8. The molecule has 0 bridgehead atoms. The molecule has 0 amide bonds. The summed E-state index contributed by atoms with van der Waals surface area (Å²) >= 11 is 0. The van der Waals surface area contributed by atoms with E-state index in [-0.39, 0.29) is 12.4 Å². The topological polar surface area (TPSA) is 91.5 Å². The van der Waals surface area contributed by atoms with Crippen molar-refractivity contribution in [2.24, 2.45) is 5.73 Å². The molecule has 0 radical (unpaired) electrons. The summed E-state index contributed by atoms with van der Waals surface area (Å²) in [5, 5.41) is 10.4. The van der Waals surface area contributed by atoms with Gasteiger partial charge in [0.05, 0.1) is 6.07 Å². The average Bonchev–Trinajstić information content (AvgIpc) is 2.66. The molecule has 6 nitrogen and oxygen atoms in total. The molecule has 1 unspecified atom stereocenters. The molecule has 2 N–H and O–H groups in total. The van der Waals surface area contributed by atoms with Crippen LogP contribution in [0, 0.1) is 10.1 Å². The van der Waals surface area contributed by atoms with Crippen LogP contribution in [0.3, 0.4) is 0 Å². The van der Waals surface area contributed by atoms with Crippen molar-refractivity contribution >= 4 is 5.88 Å². The fourth-order valence-electron chi connectivity index (χ4n) is 0.995. The maximum absolute atomic E-state index is 10.4. The molecule has 78 valence electrons. The van der Waals surface area contributed by atoms with Crippen LogP contribution in [0.1, 0.15) is 12.7 Å². The van der Waals surface area contributed by atoms with Crippen molar-refractivity contribution in [3.05, 3.63) is 28.0 Å². The van der Waals surface area contributed by atoms with Crippen molar-refractivity contribution in [3.8, 4) is 0 Å². The zero-order valence-corrected chi connectivity index (χ0v) is 8.02. The molecule has 0 spiro atoms. The van der Waals surface area contributed by atoms with Gasteiger partial charge < -0.3 is 14.9 Å². The van der Waals surface area contributed by atoms with E-state index < -0.39 is 10.5 Å². The first kappa shape index (κ1) is 10.7. The first-order valence-corrected chi connectivity index (χ1v) is 4.03. The molecule has 0 fully saturated rings. The lowest BCUT2D eigenvalue weighted by Crippen LogP contribution is -2.33. The Balaban J connectivity index is 3.01. The standard InChI is InChI=1S/C8H12N2O4/c1-8(5-9,13-2)6-3-4-7(14-6)10(11)12/h3-4H,5,9H2,1-2H3. The normalized spacial score (nSPS) is 15.1. The largest absolute Gasteiger partial charge is 0.433 e. The molecule has 6 heteroatoms. The van der Waals surface area contributed by atoms with E-state index in [1.165, 1.54) is 19.2 Å². The molecule has 1 aromatic rings. The molecule has 1 heterocycles. The number of nitrogens with zero attached hydrogens (tertiary/aromatic N) is 1. The summed E-state index contributed by atoms with van der Waals surface area (Å²) in [6, 6.07) is 2.77. The minimum Gasteiger partial charge on any atom is -0.403 e. The Morgan fingerprint density at radius 1 is 1.71 bits per heavy atom. The molecular formula is C8H12N2O4. The molecular weight excluding hydrogens is 188 g/mol. The van der Waals surface area contributed by atoms with Crippen molar-refractivity contribution < 1.29 is 14.1 Å². The van der Waals surface area contributed by atoms with Gasteiger partial charge in [-0.2, -0.15) is 0 Å². The third-order valence-electron chi connectivity index (χ3n) is 2.13. The molecule has 0 saturated carbocycles. The number of ether oxygens (including phenoxy) is 1. The summed E-state index contributed by atoms with van der Waals surface area (Å²) in [6.07, 6.45) is 0.